The summed E-state index contributed by atoms with van der Waals surface area (Å²) in [4.78, 5) is 11.5. The van der Waals surface area contributed by atoms with E-state index >= 15 is 0 Å². The van der Waals surface area contributed by atoms with Crippen molar-refractivity contribution in [2.24, 2.45) is 5.92 Å². The molecule has 0 atom stereocenters. The van der Waals surface area contributed by atoms with Crippen LogP contribution < -0.4 is 10.6 Å². The van der Waals surface area contributed by atoms with Crippen molar-refractivity contribution in [3.05, 3.63) is 30.1 Å². The molecule has 106 valence electrons. The van der Waals surface area contributed by atoms with Crippen molar-refractivity contribution >= 4 is 11.6 Å². The Hall–Kier alpha value is -1.46. The fourth-order valence-corrected chi connectivity index (χ4v) is 1.40. The molecule has 0 aliphatic heterocycles. The van der Waals surface area contributed by atoms with Crippen LogP contribution in [0, 0.1) is 11.7 Å². The number of hydrogen-bond donors (Lipinski definition) is 2. The van der Waals surface area contributed by atoms with E-state index in [2.05, 4.69) is 24.5 Å². The Morgan fingerprint density at radius 1 is 1.32 bits per heavy atom. The predicted molar refractivity (Wildman–Crippen MR) is 73.6 cm³/mol. The van der Waals surface area contributed by atoms with E-state index in [-0.39, 0.29) is 18.3 Å². The fourth-order valence-electron chi connectivity index (χ4n) is 1.40. The summed E-state index contributed by atoms with van der Waals surface area (Å²) in [6.45, 7) is 6.32. The predicted octanol–water partition coefficient (Wildman–Crippen LogP) is 2.03. The molecule has 1 rings (SSSR count). The molecule has 1 amide bonds. The molecule has 0 heterocycles. The highest BCUT2D eigenvalue weighted by Gasteiger charge is 2.01. The molecule has 0 saturated heterocycles. The molecule has 1 aromatic carbocycles. The van der Waals surface area contributed by atoms with Crippen LogP contribution in [0.5, 0.6) is 0 Å². The maximum atomic E-state index is 12.7. The summed E-state index contributed by atoms with van der Waals surface area (Å²) in [6, 6.07) is 5.67. The number of nitrogens with one attached hydrogen (secondary N) is 2. The van der Waals surface area contributed by atoms with Gasteiger partial charge in [0.1, 0.15) is 5.82 Å². The van der Waals surface area contributed by atoms with Crippen molar-refractivity contribution in [1.29, 1.82) is 0 Å². The van der Waals surface area contributed by atoms with Crippen molar-refractivity contribution in [1.82, 2.24) is 5.32 Å². The van der Waals surface area contributed by atoms with Gasteiger partial charge in [-0.1, -0.05) is 13.8 Å². The molecular weight excluding hydrogens is 247 g/mol. The SMILES string of the molecule is CC(C)COCCNCC(=O)Nc1ccc(F)cc1. The lowest BCUT2D eigenvalue weighted by Crippen LogP contribution is -2.30. The van der Waals surface area contributed by atoms with Crippen LogP contribution in [0.15, 0.2) is 24.3 Å². The number of rotatable bonds is 8. The van der Waals surface area contributed by atoms with E-state index in [1.54, 1.807) is 0 Å². The standard InChI is InChI=1S/C14H21FN2O2/c1-11(2)10-19-8-7-16-9-14(18)17-13-5-3-12(15)4-6-13/h3-6,11,16H,7-10H2,1-2H3,(H,17,18). The van der Waals surface area contributed by atoms with Crippen LogP contribution in [0.3, 0.4) is 0 Å². The van der Waals surface area contributed by atoms with Gasteiger partial charge in [-0.05, 0) is 30.2 Å². The van der Waals surface area contributed by atoms with Crippen LogP contribution >= 0.6 is 0 Å². The van der Waals surface area contributed by atoms with Gasteiger partial charge in [-0.3, -0.25) is 4.79 Å². The van der Waals surface area contributed by atoms with E-state index in [0.29, 0.717) is 24.8 Å². The highest BCUT2D eigenvalue weighted by molar-refractivity contribution is 5.92. The van der Waals surface area contributed by atoms with Gasteiger partial charge < -0.3 is 15.4 Å². The van der Waals surface area contributed by atoms with Crippen LogP contribution in [0.2, 0.25) is 0 Å². The molecule has 5 heteroatoms. The first kappa shape index (κ1) is 15.6. The second-order valence-electron chi connectivity index (χ2n) is 4.70. The molecule has 0 aliphatic carbocycles. The molecule has 0 unspecified atom stereocenters. The summed E-state index contributed by atoms with van der Waals surface area (Å²) >= 11 is 0. The topological polar surface area (TPSA) is 50.4 Å². The third-order valence-corrected chi connectivity index (χ3v) is 2.29. The maximum Gasteiger partial charge on any atom is 0.238 e. The Labute approximate surface area is 113 Å². The summed E-state index contributed by atoms with van der Waals surface area (Å²) in [5.74, 6) is 0.0377. The first-order valence-electron chi connectivity index (χ1n) is 6.42. The Balaban J connectivity index is 2.09. The van der Waals surface area contributed by atoms with Gasteiger partial charge in [-0.15, -0.1) is 0 Å². The molecule has 0 aliphatic rings. The molecule has 0 fully saturated rings. The molecule has 1 aromatic rings. The van der Waals surface area contributed by atoms with Gasteiger partial charge in [-0.2, -0.15) is 0 Å². The summed E-state index contributed by atoms with van der Waals surface area (Å²) in [7, 11) is 0. The molecule has 4 nitrogen and oxygen atoms in total. The third-order valence-electron chi connectivity index (χ3n) is 2.29. The van der Waals surface area contributed by atoms with Crippen molar-refractivity contribution in [2.75, 3.05) is 31.6 Å². The van der Waals surface area contributed by atoms with Gasteiger partial charge in [0.2, 0.25) is 5.91 Å². The van der Waals surface area contributed by atoms with Gasteiger partial charge in [0.25, 0.3) is 0 Å². The lowest BCUT2D eigenvalue weighted by Gasteiger charge is -2.08. The average molecular weight is 268 g/mol. The van der Waals surface area contributed by atoms with Crippen molar-refractivity contribution in [3.8, 4) is 0 Å². The van der Waals surface area contributed by atoms with Crippen molar-refractivity contribution in [3.63, 3.8) is 0 Å². The van der Waals surface area contributed by atoms with E-state index in [9.17, 15) is 9.18 Å². The molecule has 0 aromatic heterocycles. The van der Waals surface area contributed by atoms with Crippen LogP contribution in [-0.2, 0) is 9.53 Å². The zero-order chi connectivity index (χ0) is 14.1. The number of carbonyl (C=O) groups is 1. The second kappa shape index (κ2) is 8.61. The lowest BCUT2D eigenvalue weighted by atomic mass is 10.2. The number of benzene rings is 1. The lowest BCUT2D eigenvalue weighted by molar-refractivity contribution is -0.115. The number of hydrogen-bond acceptors (Lipinski definition) is 3. The van der Waals surface area contributed by atoms with Gasteiger partial charge in [-0.25, -0.2) is 4.39 Å². The number of amides is 1. The minimum atomic E-state index is -0.321. The Bertz CT molecular complexity index is 380. The van der Waals surface area contributed by atoms with Crippen LogP contribution in [0.25, 0.3) is 0 Å². The van der Waals surface area contributed by atoms with Crippen LogP contribution in [-0.4, -0.2) is 32.2 Å². The maximum absolute atomic E-state index is 12.7. The minimum absolute atomic E-state index is 0.157. The smallest absolute Gasteiger partial charge is 0.238 e. The summed E-state index contributed by atoms with van der Waals surface area (Å²) in [5, 5.41) is 5.65. The largest absolute Gasteiger partial charge is 0.380 e. The molecule has 19 heavy (non-hydrogen) atoms. The van der Waals surface area contributed by atoms with Crippen LogP contribution in [0.1, 0.15) is 13.8 Å². The zero-order valence-corrected chi connectivity index (χ0v) is 11.4. The third kappa shape index (κ3) is 7.54. The van der Waals surface area contributed by atoms with Gasteiger partial charge in [0, 0.05) is 18.8 Å². The molecule has 0 saturated carbocycles. The molecule has 2 N–H and O–H groups in total. The van der Waals surface area contributed by atoms with E-state index in [1.165, 1.54) is 24.3 Å². The second-order valence-corrected chi connectivity index (χ2v) is 4.70. The van der Waals surface area contributed by atoms with E-state index < -0.39 is 0 Å². The van der Waals surface area contributed by atoms with Gasteiger partial charge in [0.15, 0.2) is 0 Å². The van der Waals surface area contributed by atoms with E-state index in [0.717, 1.165) is 6.61 Å². The average Bonchev–Trinajstić information content (AvgIpc) is 2.36. The molecular formula is C14H21FN2O2. The summed E-state index contributed by atoms with van der Waals surface area (Å²) in [6.07, 6.45) is 0. The molecule has 0 radical (unpaired) electrons. The monoisotopic (exact) mass is 268 g/mol. The number of carbonyl (C=O) groups excluding carboxylic acids is 1. The van der Waals surface area contributed by atoms with E-state index in [1.807, 2.05) is 0 Å². The number of ether oxygens (including phenoxy) is 1. The number of halogens is 1. The van der Waals surface area contributed by atoms with Gasteiger partial charge >= 0.3 is 0 Å². The Morgan fingerprint density at radius 2 is 2.00 bits per heavy atom. The summed E-state index contributed by atoms with van der Waals surface area (Å²) in [5.41, 5.74) is 0.587. The minimum Gasteiger partial charge on any atom is -0.380 e. The van der Waals surface area contributed by atoms with Crippen molar-refractivity contribution < 1.29 is 13.9 Å². The van der Waals surface area contributed by atoms with E-state index in [4.69, 9.17) is 4.74 Å². The first-order valence-corrected chi connectivity index (χ1v) is 6.42. The molecule has 0 bridgehead atoms. The van der Waals surface area contributed by atoms with Crippen LogP contribution in [0.4, 0.5) is 10.1 Å². The zero-order valence-electron chi connectivity index (χ0n) is 11.4. The highest BCUT2D eigenvalue weighted by atomic mass is 19.1. The Morgan fingerprint density at radius 3 is 2.63 bits per heavy atom. The quantitative estimate of drug-likeness (QED) is 0.709. The molecule has 0 spiro atoms. The summed E-state index contributed by atoms with van der Waals surface area (Å²) < 4.78 is 18.0. The number of anilines is 1. The normalized spacial score (nSPS) is 10.7. The van der Waals surface area contributed by atoms with Crippen molar-refractivity contribution in [2.45, 2.75) is 13.8 Å². The van der Waals surface area contributed by atoms with Gasteiger partial charge in [0.05, 0.1) is 13.2 Å². The Kier molecular flexibility index (Phi) is 7.07. The fraction of sp³-hybridized carbons (Fsp3) is 0.500. The highest BCUT2D eigenvalue weighted by Crippen LogP contribution is 2.07. The first-order chi connectivity index (χ1) is 9.08.